The van der Waals surface area contributed by atoms with Gasteiger partial charge in [-0.1, -0.05) is 12.8 Å². The van der Waals surface area contributed by atoms with E-state index in [0.29, 0.717) is 21.8 Å². The van der Waals surface area contributed by atoms with Gasteiger partial charge in [-0.2, -0.15) is 0 Å². The van der Waals surface area contributed by atoms with Crippen molar-refractivity contribution in [2.45, 2.75) is 31.6 Å². The highest BCUT2D eigenvalue weighted by atomic mass is 79.9. The smallest absolute Gasteiger partial charge is 0.161 e. The Morgan fingerprint density at radius 2 is 1.95 bits per heavy atom. The Morgan fingerprint density at radius 3 is 2.62 bits per heavy atom. The van der Waals surface area contributed by atoms with E-state index in [4.69, 9.17) is 0 Å². The quantitative estimate of drug-likeness (QED) is 0.869. The monoisotopic (exact) mass is 349 g/mol. The van der Waals surface area contributed by atoms with Crippen LogP contribution >= 0.6 is 15.9 Å². The number of anilines is 1. The molecule has 1 N–H and O–H groups in total. The molecule has 1 aromatic heterocycles. The van der Waals surface area contributed by atoms with Crippen LogP contribution in [0.1, 0.15) is 37.3 Å². The summed E-state index contributed by atoms with van der Waals surface area (Å²) in [5.41, 5.74) is 1.76. The highest BCUT2D eigenvalue weighted by Gasteiger charge is 2.20. The molecule has 1 fully saturated rings. The average molecular weight is 350 g/mol. The fourth-order valence-electron chi connectivity index (χ4n) is 2.79. The minimum absolute atomic E-state index is 0.298. The Kier molecular flexibility index (Phi) is 4.19. The summed E-state index contributed by atoms with van der Waals surface area (Å²) in [6.45, 7) is 0. The minimum Gasteiger partial charge on any atom is -0.373 e. The third-order valence-corrected chi connectivity index (χ3v) is 4.60. The van der Waals surface area contributed by atoms with Crippen LogP contribution in [0.3, 0.4) is 0 Å². The SMILES string of the molecule is CNc1cc(C2CCCC2)nc(-c2ccc(Br)c(F)c2)n1. The molecule has 1 aromatic carbocycles. The molecule has 1 heterocycles. The molecule has 1 aliphatic carbocycles. The fourth-order valence-corrected chi connectivity index (χ4v) is 3.04. The molecule has 5 heteroatoms. The molecule has 0 amide bonds. The summed E-state index contributed by atoms with van der Waals surface area (Å²) in [6, 6.07) is 7.00. The third-order valence-electron chi connectivity index (χ3n) is 3.95. The first kappa shape index (κ1) is 14.4. The van der Waals surface area contributed by atoms with E-state index < -0.39 is 0 Å². The van der Waals surface area contributed by atoms with Crippen molar-refractivity contribution in [1.29, 1.82) is 0 Å². The Labute approximate surface area is 132 Å². The standard InChI is InChI=1S/C16H17BrFN3/c1-19-15-9-14(10-4-2-3-5-10)20-16(21-15)11-6-7-12(17)13(18)8-11/h6-10H,2-5H2,1H3,(H,19,20,21). The van der Waals surface area contributed by atoms with Crippen LogP contribution in [0.5, 0.6) is 0 Å². The second kappa shape index (κ2) is 6.10. The van der Waals surface area contributed by atoms with E-state index in [1.54, 1.807) is 6.07 Å². The van der Waals surface area contributed by atoms with E-state index in [0.717, 1.165) is 11.5 Å². The van der Waals surface area contributed by atoms with Crippen molar-refractivity contribution in [3.8, 4) is 11.4 Å². The Morgan fingerprint density at radius 1 is 1.19 bits per heavy atom. The lowest BCUT2D eigenvalue weighted by molar-refractivity contribution is 0.621. The maximum Gasteiger partial charge on any atom is 0.161 e. The summed E-state index contributed by atoms with van der Waals surface area (Å²) >= 11 is 3.17. The number of hydrogen-bond donors (Lipinski definition) is 1. The van der Waals surface area contributed by atoms with Crippen LogP contribution in [0.2, 0.25) is 0 Å². The maximum atomic E-state index is 13.7. The Bertz CT molecular complexity index is 654. The Hall–Kier alpha value is -1.49. The summed E-state index contributed by atoms with van der Waals surface area (Å²) in [4.78, 5) is 9.13. The summed E-state index contributed by atoms with van der Waals surface area (Å²) in [5.74, 6) is 1.56. The number of benzene rings is 1. The summed E-state index contributed by atoms with van der Waals surface area (Å²) in [5, 5.41) is 3.07. The third kappa shape index (κ3) is 3.07. The predicted molar refractivity (Wildman–Crippen MR) is 85.9 cm³/mol. The van der Waals surface area contributed by atoms with Gasteiger partial charge in [0.2, 0.25) is 0 Å². The first-order chi connectivity index (χ1) is 10.2. The highest BCUT2D eigenvalue weighted by molar-refractivity contribution is 9.10. The molecule has 0 saturated heterocycles. The van der Waals surface area contributed by atoms with Gasteiger partial charge in [0.15, 0.2) is 5.82 Å². The highest BCUT2D eigenvalue weighted by Crippen LogP contribution is 2.34. The van der Waals surface area contributed by atoms with E-state index >= 15 is 0 Å². The van der Waals surface area contributed by atoms with Gasteiger partial charge in [0.25, 0.3) is 0 Å². The lowest BCUT2D eigenvalue weighted by Crippen LogP contribution is -2.04. The number of rotatable bonds is 3. The molecule has 0 atom stereocenters. The molecule has 3 rings (SSSR count). The molecule has 2 aromatic rings. The summed E-state index contributed by atoms with van der Waals surface area (Å²) in [7, 11) is 1.84. The summed E-state index contributed by atoms with van der Waals surface area (Å²) in [6.07, 6.45) is 4.86. The van der Waals surface area contributed by atoms with Gasteiger partial charge in [0.05, 0.1) is 4.47 Å². The predicted octanol–water partition coefficient (Wildman–Crippen LogP) is 4.74. The molecule has 110 valence electrons. The molecular formula is C16H17BrFN3. The van der Waals surface area contributed by atoms with Crippen molar-refractivity contribution in [2.24, 2.45) is 0 Å². The van der Waals surface area contributed by atoms with Crippen molar-refractivity contribution in [2.75, 3.05) is 12.4 Å². The van der Waals surface area contributed by atoms with Gasteiger partial charge < -0.3 is 5.32 Å². The normalized spacial score (nSPS) is 15.4. The van der Waals surface area contributed by atoms with Gasteiger partial charge >= 0.3 is 0 Å². The van der Waals surface area contributed by atoms with E-state index in [1.165, 1.54) is 31.7 Å². The van der Waals surface area contributed by atoms with E-state index in [1.807, 2.05) is 19.2 Å². The first-order valence-corrected chi connectivity index (χ1v) is 7.99. The molecule has 1 saturated carbocycles. The van der Waals surface area contributed by atoms with Crippen LogP contribution in [0.25, 0.3) is 11.4 Å². The molecule has 3 nitrogen and oxygen atoms in total. The van der Waals surface area contributed by atoms with Crippen molar-refractivity contribution in [3.05, 3.63) is 40.2 Å². The molecule has 0 bridgehead atoms. The first-order valence-electron chi connectivity index (χ1n) is 7.19. The van der Waals surface area contributed by atoms with Crippen molar-refractivity contribution >= 4 is 21.7 Å². The van der Waals surface area contributed by atoms with Gasteiger partial charge in [0, 0.05) is 30.3 Å². The van der Waals surface area contributed by atoms with Crippen molar-refractivity contribution in [3.63, 3.8) is 0 Å². The molecule has 0 unspecified atom stereocenters. The van der Waals surface area contributed by atoms with E-state index in [-0.39, 0.29) is 5.82 Å². The zero-order valence-corrected chi connectivity index (χ0v) is 13.5. The van der Waals surface area contributed by atoms with Crippen molar-refractivity contribution in [1.82, 2.24) is 9.97 Å². The van der Waals surface area contributed by atoms with Gasteiger partial charge in [-0.15, -0.1) is 0 Å². The number of halogens is 2. The number of nitrogens with zero attached hydrogens (tertiary/aromatic N) is 2. The number of aromatic nitrogens is 2. The molecule has 0 aliphatic heterocycles. The Balaban J connectivity index is 2.04. The zero-order chi connectivity index (χ0) is 14.8. The van der Waals surface area contributed by atoms with Crippen LogP contribution in [-0.2, 0) is 0 Å². The second-order valence-electron chi connectivity index (χ2n) is 5.36. The molecule has 0 radical (unpaired) electrons. The van der Waals surface area contributed by atoms with Gasteiger partial charge in [0.1, 0.15) is 11.6 Å². The molecule has 1 aliphatic rings. The topological polar surface area (TPSA) is 37.8 Å². The number of nitrogens with one attached hydrogen (secondary N) is 1. The van der Waals surface area contributed by atoms with Gasteiger partial charge in [-0.05, 0) is 47.0 Å². The van der Waals surface area contributed by atoms with Crippen molar-refractivity contribution < 1.29 is 4.39 Å². The van der Waals surface area contributed by atoms with Gasteiger partial charge in [-0.3, -0.25) is 0 Å². The van der Waals surface area contributed by atoms with E-state index in [9.17, 15) is 4.39 Å². The van der Waals surface area contributed by atoms with Crippen LogP contribution in [-0.4, -0.2) is 17.0 Å². The zero-order valence-electron chi connectivity index (χ0n) is 11.9. The summed E-state index contributed by atoms with van der Waals surface area (Å²) < 4.78 is 14.2. The van der Waals surface area contributed by atoms with Gasteiger partial charge in [-0.25, -0.2) is 14.4 Å². The largest absolute Gasteiger partial charge is 0.373 e. The van der Waals surface area contributed by atoms with E-state index in [2.05, 4.69) is 31.2 Å². The second-order valence-corrected chi connectivity index (χ2v) is 6.22. The average Bonchev–Trinajstić information content (AvgIpc) is 3.04. The fraction of sp³-hybridized carbons (Fsp3) is 0.375. The number of hydrogen-bond acceptors (Lipinski definition) is 3. The molecule has 21 heavy (non-hydrogen) atoms. The van der Waals surface area contributed by atoms with Crippen LogP contribution in [0.15, 0.2) is 28.7 Å². The lowest BCUT2D eigenvalue weighted by Gasteiger charge is -2.12. The maximum absolute atomic E-state index is 13.7. The van der Waals surface area contributed by atoms with Crippen LogP contribution < -0.4 is 5.32 Å². The lowest BCUT2D eigenvalue weighted by atomic mass is 10.0. The van der Waals surface area contributed by atoms with Crippen LogP contribution in [0.4, 0.5) is 10.2 Å². The molecular weight excluding hydrogens is 333 g/mol. The van der Waals surface area contributed by atoms with Crippen LogP contribution in [0, 0.1) is 5.82 Å². The minimum atomic E-state index is -0.298. The molecule has 0 spiro atoms.